The number of hydrogen-bond acceptors (Lipinski definition) is 2. The predicted molar refractivity (Wildman–Crippen MR) is 72.8 cm³/mol. The third-order valence-corrected chi connectivity index (χ3v) is 3.63. The van der Waals surface area contributed by atoms with Crippen molar-refractivity contribution in [2.24, 2.45) is 5.73 Å². The number of likely N-dealkylation sites (tertiary alicyclic amines) is 1. The number of piperidine rings is 1. The normalized spacial score (nSPS) is 23.2. The van der Waals surface area contributed by atoms with Crippen molar-refractivity contribution in [3.63, 3.8) is 0 Å². The van der Waals surface area contributed by atoms with Gasteiger partial charge in [-0.05, 0) is 24.9 Å². The summed E-state index contributed by atoms with van der Waals surface area (Å²) < 4.78 is 0. The molecule has 92 valence electrons. The molecule has 2 rings (SSSR count). The van der Waals surface area contributed by atoms with Crippen LogP contribution < -0.4 is 5.73 Å². The zero-order valence-electron chi connectivity index (χ0n) is 10.4. The quantitative estimate of drug-likeness (QED) is 0.806. The van der Waals surface area contributed by atoms with Crippen molar-refractivity contribution in [2.45, 2.75) is 31.3 Å². The van der Waals surface area contributed by atoms with Gasteiger partial charge in [0, 0.05) is 18.6 Å². The number of benzene rings is 1. The van der Waals surface area contributed by atoms with Crippen molar-refractivity contribution in [1.29, 1.82) is 0 Å². The van der Waals surface area contributed by atoms with Gasteiger partial charge in [-0.25, -0.2) is 0 Å². The van der Waals surface area contributed by atoms with Gasteiger partial charge in [0.1, 0.15) is 0 Å². The van der Waals surface area contributed by atoms with Crippen LogP contribution in [0.1, 0.15) is 30.9 Å². The van der Waals surface area contributed by atoms with Crippen molar-refractivity contribution in [3.05, 3.63) is 48.6 Å². The van der Waals surface area contributed by atoms with Crippen molar-refractivity contribution < 1.29 is 0 Å². The Kier molecular flexibility index (Phi) is 4.35. The summed E-state index contributed by atoms with van der Waals surface area (Å²) in [5.74, 6) is 0. The molecule has 1 saturated heterocycles. The summed E-state index contributed by atoms with van der Waals surface area (Å²) >= 11 is 0. The first-order valence-electron chi connectivity index (χ1n) is 6.48. The van der Waals surface area contributed by atoms with Crippen LogP contribution in [-0.2, 0) is 0 Å². The average Bonchev–Trinajstić information content (AvgIpc) is 2.40. The molecule has 2 heteroatoms. The van der Waals surface area contributed by atoms with Gasteiger partial charge in [-0.3, -0.25) is 4.90 Å². The summed E-state index contributed by atoms with van der Waals surface area (Å²) in [6.07, 6.45) is 5.75. The third-order valence-electron chi connectivity index (χ3n) is 3.63. The fourth-order valence-electron chi connectivity index (χ4n) is 2.71. The molecule has 2 atom stereocenters. The van der Waals surface area contributed by atoms with Crippen molar-refractivity contribution >= 4 is 0 Å². The molecule has 1 aromatic rings. The monoisotopic (exact) mass is 230 g/mol. The van der Waals surface area contributed by atoms with Crippen molar-refractivity contribution in [2.75, 3.05) is 13.1 Å². The summed E-state index contributed by atoms with van der Waals surface area (Å²) in [7, 11) is 0. The Morgan fingerprint density at radius 2 is 2.12 bits per heavy atom. The van der Waals surface area contributed by atoms with Crippen LogP contribution in [0.4, 0.5) is 0 Å². The van der Waals surface area contributed by atoms with Gasteiger partial charge in [0.25, 0.3) is 0 Å². The van der Waals surface area contributed by atoms with E-state index < -0.39 is 0 Å². The lowest BCUT2D eigenvalue weighted by atomic mass is 9.91. The van der Waals surface area contributed by atoms with Crippen LogP contribution in [0.2, 0.25) is 0 Å². The van der Waals surface area contributed by atoms with E-state index in [1.54, 1.807) is 0 Å². The fourth-order valence-corrected chi connectivity index (χ4v) is 2.71. The van der Waals surface area contributed by atoms with Gasteiger partial charge < -0.3 is 5.73 Å². The van der Waals surface area contributed by atoms with Crippen molar-refractivity contribution in [3.8, 4) is 0 Å². The molecule has 2 nitrogen and oxygen atoms in total. The van der Waals surface area contributed by atoms with Crippen molar-refractivity contribution in [1.82, 2.24) is 4.90 Å². The Bertz CT molecular complexity index is 347. The van der Waals surface area contributed by atoms with Gasteiger partial charge in [0.15, 0.2) is 0 Å². The van der Waals surface area contributed by atoms with Crippen LogP contribution in [0.5, 0.6) is 0 Å². The van der Waals surface area contributed by atoms with Crippen LogP contribution in [0.3, 0.4) is 0 Å². The topological polar surface area (TPSA) is 29.3 Å². The maximum Gasteiger partial charge on any atom is 0.0453 e. The Morgan fingerprint density at radius 3 is 2.82 bits per heavy atom. The molecule has 1 aliphatic rings. The Balaban J connectivity index is 2.10. The van der Waals surface area contributed by atoms with E-state index in [2.05, 4.69) is 35.7 Å². The second-order valence-electron chi connectivity index (χ2n) is 4.78. The summed E-state index contributed by atoms with van der Waals surface area (Å²) in [6.45, 7) is 5.94. The minimum atomic E-state index is 0.122. The second kappa shape index (κ2) is 5.99. The number of hydrogen-bond donors (Lipinski definition) is 1. The molecule has 0 bridgehead atoms. The van der Waals surface area contributed by atoms with E-state index in [1.165, 1.54) is 24.8 Å². The van der Waals surface area contributed by atoms with Gasteiger partial charge in [-0.1, -0.05) is 42.8 Å². The fraction of sp³-hybridized carbons (Fsp3) is 0.467. The third kappa shape index (κ3) is 2.96. The van der Waals surface area contributed by atoms with Crippen LogP contribution in [-0.4, -0.2) is 24.0 Å². The largest absolute Gasteiger partial charge is 0.323 e. The van der Waals surface area contributed by atoms with E-state index >= 15 is 0 Å². The average molecular weight is 230 g/mol. The lowest BCUT2D eigenvalue weighted by Crippen LogP contribution is -2.45. The van der Waals surface area contributed by atoms with E-state index in [0.29, 0.717) is 6.04 Å². The molecule has 1 aliphatic heterocycles. The van der Waals surface area contributed by atoms with Gasteiger partial charge in [0.05, 0.1) is 0 Å². The maximum atomic E-state index is 6.41. The first-order valence-corrected chi connectivity index (χ1v) is 6.48. The maximum absolute atomic E-state index is 6.41. The zero-order valence-corrected chi connectivity index (χ0v) is 10.4. The molecule has 17 heavy (non-hydrogen) atoms. The van der Waals surface area contributed by atoms with E-state index in [4.69, 9.17) is 5.73 Å². The highest BCUT2D eigenvalue weighted by Gasteiger charge is 2.27. The lowest BCUT2D eigenvalue weighted by molar-refractivity contribution is 0.141. The number of nitrogens with two attached hydrogens (primary N) is 1. The van der Waals surface area contributed by atoms with E-state index in [-0.39, 0.29) is 6.04 Å². The first kappa shape index (κ1) is 12.3. The molecule has 0 aliphatic carbocycles. The molecule has 1 aromatic carbocycles. The minimum absolute atomic E-state index is 0.122. The smallest absolute Gasteiger partial charge is 0.0453 e. The van der Waals surface area contributed by atoms with Crippen LogP contribution in [0.25, 0.3) is 0 Å². The van der Waals surface area contributed by atoms with Gasteiger partial charge >= 0.3 is 0 Å². The predicted octanol–water partition coefficient (Wildman–Crippen LogP) is 2.73. The van der Waals surface area contributed by atoms with Gasteiger partial charge in [-0.15, -0.1) is 6.58 Å². The summed E-state index contributed by atoms with van der Waals surface area (Å²) in [5.41, 5.74) is 7.66. The molecule has 0 amide bonds. The number of nitrogens with zero attached hydrogens (tertiary/aromatic N) is 1. The molecule has 1 unspecified atom stereocenters. The highest BCUT2D eigenvalue weighted by Crippen LogP contribution is 2.26. The zero-order chi connectivity index (χ0) is 12.1. The number of rotatable bonds is 4. The lowest BCUT2D eigenvalue weighted by Gasteiger charge is -2.38. The van der Waals surface area contributed by atoms with E-state index in [1.807, 2.05) is 12.1 Å². The first-order chi connectivity index (χ1) is 8.33. The highest BCUT2D eigenvalue weighted by molar-refractivity contribution is 5.20. The highest BCUT2D eigenvalue weighted by atomic mass is 15.2. The molecular weight excluding hydrogens is 208 g/mol. The standard InChI is InChI=1S/C15H22N2/c1-2-11-17-12-7-6-10-14(17)15(16)13-8-4-3-5-9-13/h2-5,8-9,14-15H,1,6-7,10-12,16H2/t14-,15?/m0/s1. The van der Waals surface area contributed by atoms with Crippen LogP contribution in [0.15, 0.2) is 43.0 Å². The van der Waals surface area contributed by atoms with Gasteiger partial charge in [0.2, 0.25) is 0 Å². The second-order valence-corrected chi connectivity index (χ2v) is 4.78. The summed E-state index contributed by atoms with van der Waals surface area (Å²) in [4.78, 5) is 2.47. The molecule has 2 N–H and O–H groups in total. The molecule has 0 saturated carbocycles. The summed E-state index contributed by atoms with van der Waals surface area (Å²) in [5, 5.41) is 0. The Hall–Kier alpha value is -1.12. The van der Waals surface area contributed by atoms with Gasteiger partial charge in [-0.2, -0.15) is 0 Å². The molecule has 0 aromatic heterocycles. The van der Waals surface area contributed by atoms with Crippen LogP contribution >= 0.6 is 0 Å². The Morgan fingerprint density at radius 1 is 1.35 bits per heavy atom. The molecule has 0 radical (unpaired) electrons. The molecule has 0 spiro atoms. The Labute approximate surface area is 104 Å². The van der Waals surface area contributed by atoms with Crippen LogP contribution in [0, 0.1) is 0 Å². The molecule has 1 heterocycles. The molecule has 1 fully saturated rings. The van der Waals surface area contributed by atoms with E-state index in [9.17, 15) is 0 Å². The minimum Gasteiger partial charge on any atom is -0.323 e. The van der Waals surface area contributed by atoms with E-state index in [0.717, 1.165) is 13.1 Å². The molecular formula is C15H22N2. The SMILES string of the molecule is C=CCN1CCCC[C@H]1C(N)c1ccccc1. The summed E-state index contributed by atoms with van der Waals surface area (Å²) in [6, 6.07) is 11.0.